The quantitative estimate of drug-likeness (QED) is 0.806. The van der Waals surface area contributed by atoms with Crippen LogP contribution in [-0.2, 0) is 23.0 Å². The SMILES string of the molecule is Cc1cc(NC(=O)CCc2c(C)nc(N3CCOCC3)[nH]c2=O)n(C)n1. The second-order valence-corrected chi connectivity index (χ2v) is 6.40. The van der Waals surface area contributed by atoms with Crippen molar-refractivity contribution in [2.24, 2.45) is 7.05 Å². The summed E-state index contributed by atoms with van der Waals surface area (Å²) in [4.78, 5) is 33.9. The summed E-state index contributed by atoms with van der Waals surface area (Å²) in [6.45, 7) is 6.32. The first-order valence-corrected chi connectivity index (χ1v) is 8.67. The fourth-order valence-corrected chi connectivity index (χ4v) is 2.99. The summed E-state index contributed by atoms with van der Waals surface area (Å²) in [6, 6.07) is 1.80. The first-order valence-electron chi connectivity index (χ1n) is 8.67. The highest BCUT2D eigenvalue weighted by Gasteiger charge is 2.17. The summed E-state index contributed by atoms with van der Waals surface area (Å²) in [5.74, 6) is 1.04. The molecule has 1 fully saturated rings. The highest BCUT2D eigenvalue weighted by Crippen LogP contribution is 2.12. The van der Waals surface area contributed by atoms with Crippen LogP contribution in [0.5, 0.6) is 0 Å². The molecule has 140 valence electrons. The summed E-state index contributed by atoms with van der Waals surface area (Å²) in [7, 11) is 1.77. The first-order chi connectivity index (χ1) is 12.4. The fraction of sp³-hybridized carbons (Fsp3) is 0.529. The smallest absolute Gasteiger partial charge is 0.255 e. The van der Waals surface area contributed by atoms with Gasteiger partial charge in [-0.25, -0.2) is 4.98 Å². The van der Waals surface area contributed by atoms with Crippen LogP contribution in [0.2, 0.25) is 0 Å². The molecule has 2 aromatic heterocycles. The van der Waals surface area contributed by atoms with Crippen molar-refractivity contribution >= 4 is 17.7 Å². The minimum Gasteiger partial charge on any atom is -0.378 e. The Kier molecular flexibility index (Phi) is 5.36. The van der Waals surface area contributed by atoms with Gasteiger partial charge in [-0.1, -0.05) is 0 Å². The second-order valence-electron chi connectivity index (χ2n) is 6.40. The molecule has 0 radical (unpaired) electrons. The van der Waals surface area contributed by atoms with Gasteiger partial charge in [-0.3, -0.25) is 19.3 Å². The van der Waals surface area contributed by atoms with Crippen LogP contribution >= 0.6 is 0 Å². The zero-order valence-electron chi connectivity index (χ0n) is 15.3. The molecule has 1 aliphatic rings. The molecule has 0 atom stereocenters. The van der Waals surface area contributed by atoms with Crippen molar-refractivity contribution in [3.05, 3.63) is 33.4 Å². The third-order valence-corrected chi connectivity index (χ3v) is 4.39. The molecule has 26 heavy (non-hydrogen) atoms. The molecule has 0 spiro atoms. The van der Waals surface area contributed by atoms with Gasteiger partial charge in [0.05, 0.1) is 18.9 Å². The minimum absolute atomic E-state index is 0.163. The number of morpholine rings is 1. The van der Waals surface area contributed by atoms with Crippen molar-refractivity contribution in [3.63, 3.8) is 0 Å². The van der Waals surface area contributed by atoms with Crippen LogP contribution in [0.3, 0.4) is 0 Å². The molecule has 0 bridgehead atoms. The lowest BCUT2D eigenvalue weighted by Crippen LogP contribution is -2.38. The van der Waals surface area contributed by atoms with Gasteiger partial charge in [-0.05, 0) is 20.3 Å². The van der Waals surface area contributed by atoms with Gasteiger partial charge in [0.15, 0.2) is 0 Å². The summed E-state index contributed by atoms with van der Waals surface area (Å²) >= 11 is 0. The number of anilines is 2. The normalized spacial score (nSPS) is 14.5. The molecule has 0 unspecified atom stereocenters. The van der Waals surface area contributed by atoms with Gasteiger partial charge < -0.3 is 15.0 Å². The van der Waals surface area contributed by atoms with Gasteiger partial charge in [0.25, 0.3) is 5.56 Å². The molecule has 0 aromatic carbocycles. The number of aromatic amines is 1. The molecule has 0 aliphatic carbocycles. The number of H-pyrrole nitrogens is 1. The van der Waals surface area contributed by atoms with Gasteiger partial charge >= 0.3 is 0 Å². The number of carbonyl (C=O) groups is 1. The molecule has 1 aliphatic heterocycles. The van der Waals surface area contributed by atoms with Crippen LogP contribution in [0.1, 0.15) is 23.4 Å². The number of hydrogen-bond acceptors (Lipinski definition) is 6. The van der Waals surface area contributed by atoms with Crippen LogP contribution in [0, 0.1) is 13.8 Å². The van der Waals surface area contributed by atoms with Crippen molar-refractivity contribution in [1.82, 2.24) is 19.7 Å². The fourth-order valence-electron chi connectivity index (χ4n) is 2.99. The minimum atomic E-state index is -0.192. The van der Waals surface area contributed by atoms with Crippen molar-refractivity contribution in [2.45, 2.75) is 26.7 Å². The van der Waals surface area contributed by atoms with Crippen LogP contribution in [0.4, 0.5) is 11.8 Å². The van der Waals surface area contributed by atoms with Crippen LogP contribution < -0.4 is 15.8 Å². The molecule has 2 N–H and O–H groups in total. The highest BCUT2D eigenvalue weighted by molar-refractivity contribution is 5.90. The number of ether oxygens (including phenoxy) is 1. The maximum Gasteiger partial charge on any atom is 0.255 e. The monoisotopic (exact) mass is 360 g/mol. The van der Waals surface area contributed by atoms with E-state index in [1.54, 1.807) is 24.7 Å². The average Bonchev–Trinajstić information content (AvgIpc) is 2.92. The van der Waals surface area contributed by atoms with E-state index in [1.807, 2.05) is 11.8 Å². The molecule has 9 nitrogen and oxygen atoms in total. The van der Waals surface area contributed by atoms with Gasteiger partial charge in [0.1, 0.15) is 5.82 Å². The number of nitrogens with zero attached hydrogens (tertiary/aromatic N) is 4. The molecule has 1 saturated heterocycles. The summed E-state index contributed by atoms with van der Waals surface area (Å²) in [5.41, 5.74) is 1.83. The maximum atomic E-state index is 12.4. The Balaban J connectivity index is 1.65. The number of rotatable bonds is 5. The molecular formula is C17H24N6O3. The first kappa shape index (κ1) is 18.1. The topological polar surface area (TPSA) is 105 Å². The van der Waals surface area contributed by atoms with E-state index in [-0.39, 0.29) is 17.9 Å². The number of nitrogens with one attached hydrogen (secondary N) is 2. The number of carbonyl (C=O) groups excluding carboxylic acids is 1. The largest absolute Gasteiger partial charge is 0.378 e. The number of amides is 1. The standard InChI is InChI=1S/C17H24N6O3/c1-11-10-14(22(3)21-11)19-15(24)5-4-13-12(2)18-17(20-16(13)25)23-6-8-26-9-7-23/h10H,4-9H2,1-3H3,(H,19,24)(H,18,20,25). The van der Waals surface area contributed by atoms with Crippen molar-refractivity contribution in [3.8, 4) is 0 Å². The van der Waals surface area contributed by atoms with E-state index in [4.69, 9.17) is 4.74 Å². The van der Waals surface area contributed by atoms with Gasteiger partial charge in [-0.15, -0.1) is 0 Å². The van der Waals surface area contributed by atoms with Crippen molar-refractivity contribution in [1.29, 1.82) is 0 Å². The van der Waals surface area contributed by atoms with E-state index in [2.05, 4.69) is 20.4 Å². The lowest BCUT2D eigenvalue weighted by Gasteiger charge is -2.27. The van der Waals surface area contributed by atoms with Crippen molar-refractivity contribution in [2.75, 3.05) is 36.5 Å². The molecular weight excluding hydrogens is 336 g/mol. The lowest BCUT2D eigenvalue weighted by atomic mass is 10.1. The average molecular weight is 360 g/mol. The third kappa shape index (κ3) is 4.10. The number of hydrogen-bond donors (Lipinski definition) is 2. The Labute approximate surface area is 151 Å². The Morgan fingerprint density at radius 3 is 2.69 bits per heavy atom. The molecule has 0 saturated carbocycles. The van der Waals surface area contributed by atoms with E-state index in [1.165, 1.54) is 0 Å². The number of aryl methyl sites for hydroxylation is 3. The molecule has 3 rings (SSSR count). The van der Waals surface area contributed by atoms with E-state index in [0.717, 1.165) is 5.69 Å². The molecule has 3 heterocycles. The molecule has 9 heteroatoms. The van der Waals surface area contributed by atoms with Crippen LogP contribution in [-0.4, -0.2) is 52.0 Å². The lowest BCUT2D eigenvalue weighted by molar-refractivity contribution is -0.116. The van der Waals surface area contributed by atoms with Crippen molar-refractivity contribution < 1.29 is 9.53 Å². The van der Waals surface area contributed by atoms with E-state index < -0.39 is 0 Å². The van der Waals surface area contributed by atoms with E-state index in [9.17, 15) is 9.59 Å². The Morgan fingerprint density at radius 1 is 1.35 bits per heavy atom. The van der Waals surface area contributed by atoms with Gasteiger partial charge in [-0.2, -0.15) is 5.10 Å². The highest BCUT2D eigenvalue weighted by atomic mass is 16.5. The zero-order chi connectivity index (χ0) is 18.7. The van der Waals surface area contributed by atoms with Crippen LogP contribution in [0.15, 0.2) is 10.9 Å². The Morgan fingerprint density at radius 2 is 2.08 bits per heavy atom. The number of aromatic nitrogens is 4. The summed E-state index contributed by atoms with van der Waals surface area (Å²) in [5, 5.41) is 7.00. The predicted octanol–water partition coefficient (Wildman–Crippen LogP) is 0.528. The maximum absolute atomic E-state index is 12.4. The predicted molar refractivity (Wildman–Crippen MR) is 97.5 cm³/mol. The Bertz CT molecular complexity index is 851. The van der Waals surface area contributed by atoms with Crippen LogP contribution in [0.25, 0.3) is 0 Å². The zero-order valence-corrected chi connectivity index (χ0v) is 15.3. The second kappa shape index (κ2) is 7.69. The molecule has 1 amide bonds. The summed E-state index contributed by atoms with van der Waals surface area (Å²) < 4.78 is 6.93. The van der Waals surface area contributed by atoms with Gasteiger partial charge in [0.2, 0.25) is 11.9 Å². The summed E-state index contributed by atoms with van der Waals surface area (Å²) in [6.07, 6.45) is 0.535. The molecule has 2 aromatic rings. The van der Waals surface area contributed by atoms with Gasteiger partial charge in [0, 0.05) is 43.9 Å². The Hall–Kier alpha value is -2.68. The third-order valence-electron chi connectivity index (χ3n) is 4.39. The van der Waals surface area contributed by atoms with E-state index in [0.29, 0.717) is 55.7 Å². The van der Waals surface area contributed by atoms with E-state index >= 15 is 0 Å².